The standard InChI is InChI=1S/C14H16N2O8/c15-9(7(11(17)18)12(19)20)5-3-1-2-4-6(5)10(16)8(13(21)22)14(23)24/h1-4,7-10H,15-16H2,(H,17,18)(H,19,20)(H,21,22)(H,23,24). The first-order chi connectivity index (χ1) is 11.1. The maximum Gasteiger partial charge on any atom is 0.319 e. The van der Waals surface area contributed by atoms with Crippen molar-refractivity contribution in [1.29, 1.82) is 0 Å². The molecule has 2 unspecified atom stereocenters. The molecule has 0 amide bonds. The summed E-state index contributed by atoms with van der Waals surface area (Å²) in [5, 5.41) is 36.0. The molecular formula is C14H16N2O8. The molecule has 1 aromatic rings. The Labute approximate surface area is 135 Å². The maximum atomic E-state index is 11.1. The van der Waals surface area contributed by atoms with Crippen LogP contribution in [0.4, 0.5) is 0 Å². The van der Waals surface area contributed by atoms with Gasteiger partial charge in [0, 0.05) is 0 Å². The van der Waals surface area contributed by atoms with E-state index in [1.165, 1.54) is 24.3 Å². The van der Waals surface area contributed by atoms with Gasteiger partial charge in [0.05, 0.1) is 12.1 Å². The van der Waals surface area contributed by atoms with Crippen LogP contribution in [0.1, 0.15) is 23.2 Å². The van der Waals surface area contributed by atoms with Crippen molar-refractivity contribution < 1.29 is 39.6 Å². The highest BCUT2D eigenvalue weighted by atomic mass is 16.4. The summed E-state index contributed by atoms with van der Waals surface area (Å²) in [6.45, 7) is 0. The largest absolute Gasteiger partial charge is 0.481 e. The van der Waals surface area contributed by atoms with Gasteiger partial charge >= 0.3 is 23.9 Å². The van der Waals surface area contributed by atoms with E-state index >= 15 is 0 Å². The Kier molecular flexibility index (Phi) is 5.98. The summed E-state index contributed by atoms with van der Waals surface area (Å²) in [7, 11) is 0. The zero-order valence-corrected chi connectivity index (χ0v) is 12.2. The third kappa shape index (κ3) is 3.86. The van der Waals surface area contributed by atoms with Gasteiger partial charge < -0.3 is 31.9 Å². The van der Waals surface area contributed by atoms with Gasteiger partial charge in [0.25, 0.3) is 0 Å². The molecule has 8 N–H and O–H groups in total. The van der Waals surface area contributed by atoms with Crippen LogP contribution in [0.15, 0.2) is 24.3 Å². The van der Waals surface area contributed by atoms with E-state index in [4.69, 9.17) is 31.9 Å². The van der Waals surface area contributed by atoms with E-state index in [-0.39, 0.29) is 11.1 Å². The van der Waals surface area contributed by atoms with Crippen LogP contribution in [-0.4, -0.2) is 44.3 Å². The Hall–Kier alpha value is -2.98. The van der Waals surface area contributed by atoms with Gasteiger partial charge in [-0.2, -0.15) is 0 Å². The molecule has 0 aliphatic heterocycles. The summed E-state index contributed by atoms with van der Waals surface area (Å²) >= 11 is 0. The molecule has 24 heavy (non-hydrogen) atoms. The van der Waals surface area contributed by atoms with Gasteiger partial charge in [-0.05, 0) is 11.1 Å². The minimum atomic E-state index is -2.01. The molecule has 1 rings (SSSR count). The lowest BCUT2D eigenvalue weighted by molar-refractivity contribution is -0.158. The number of nitrogens with two attached hydrogens (primary N) is 2. The zero-order valence-electron chi connectivity index (χ0n) is 12.2. The smallest absolute Gasteiger partial charge is 0.319 e. The molecule has 1 aromatic carbocycles. The maximum absolute atomic E-state index is 11.1. The van der Waals surface area contributed by atoms with E-state index in [0.717, 1.165) is 0 Å². The molecule has 2 atom stereocenters. The topological polar surface area (TPSA) is 201 Å². The number of benzene rings is 1. The first-order valence-corrected chi connectivity index (χ1v) is 6.60. The molecule has 10 nitrogen and oxygen atoms in total. The fraction of sp³-hybridized carbons (Fsp3) is 0.286. The summed E-state index contributed by atoms with van der Waals surface area (Å²) < 4.78 is 0. The van der Waals surface area contributed by atoms with Crippen molar-refractivity contribution in [3.05, 3.63) is 35.4 Å². The van der Waals surface area contributed by atoms with Gasteiger partial charge in [0.15, 0.2) is 11.8 Å². The van der Waals surface area contributed by atoms with Crippen molar-refractivity contribution in [3.8, 4) is 0 Å². The Balaban J connectivity index is 3.39. The van der Waals surface area contributed by atoms with Crippen LogP contribution in [0.2, 0.25) is 0 Å². The van der Waals surface area contributed by atoms with E-state index in [9.17, 15) is 19.2 Å². The van der Waals surface area contributed by atoms with E-state index < -0.39 is 47.8 Å². The van der Waals surface area contributed by atoms with E-state index in [1.807, 2.05) is 0 Å². The third-order valence-corrected chi connectivity index (χ3v) is 3.50. The fourth-order valence-corrected chi connectivity index (χ4v) is 2.30. The SMILES string of the molecule is NC(c1ccccc1C(N)C(C(=O)O)C(=O)O)C(C(=O)O)C(=O)O. The normalized spacial score (nSPS) is 13.5. The Morgan fingerprint density at radius 1 is 0.667 bits per heavy atom. The molecule has 0 saturated carbocycles. The second-order valence-electron chi connectivity index (χ2n) is 4.99. The van der Waals surface area contributed by atoms with Gasteiger partial charge in [-0.3, -0.25) is 19.2 Å². The van der Waals surface area contributed by atoms with Gasteiger partial charge in [-0.25, -0.2) is 0 Å². The Morgan fingerprint density at radius 2 is 0.917 bits per heavy atom. The average Bonchev–Trinajstić information content (AvgIpc) is 2.45. The van der Waals surface area contributed by atoms with Crippen molar-refractivity contribution in [3.63, 3.8) is 0 Å². The van der Waals surface area contributed by atoms with Gasteiger partial charge in [0.2, 0.25) is 0 Å². The number of carboxylic acid groups (broad SMARTS) is 4. The molecule has 0 aliphatic carbocycles. The van der Waals surface area contributed by atoms with Gasteiger partial charge in [0.1, 0.15) is 0 Å². The number of aliphatic carboxylic acids is 4. The van der Waals surface area contributed by atoms with Crippen LogP contribution in [0, 0.1) is 11.8 Å². The molecule has 0 fully saturated rings. The lowest BCUT2D eigenvalue weighted by atomic mass is 9.84. The fourth-order valence-electron chi connectivity index (χ4n) is 2.30. The van der Waals surface area contributed by atoms with Gasteiger partial charge in [-0.15, -0.1) is 0 Å². The summed E-state index contributed by atoms with van der Waals surface area (Å²) in [4.78, 5) is 44.4. The molecule has 0 aromatic heterocycles. The molecular weight excluding hydrogens is 324 g/mol. The first-order valence-electron chi connectivity index (χ1n) is 6.60. The van der Waals surface area contributed by atoms with Crippen molar-refractivity contribution in [1.82, 2.24) is 0 Å². The highest BCUT2D eigenvalue weighted by molar-refractivity contribution is 5.95. The highest BCUT2D eigenvalue weighted by Crippen LogP contribution is 2.30. The predicted octanol–water partition coefficient (Wildman–Crippen LogP) is -0.743. The van der Waals surface area contributed by atoms with E-state index in [0.29, 0.717) is 0 Å². The van der Waals surface area contributed by atoms with Gasteiger partial charge in [-0.1, -0.05) is 24.3 Å². The monoisotopic (exact) mass is 340 g/mol. The predicted molar refractivity (Wildman–Crippen MR) is 77.8 cm³/mol. The molecule has 0 aliphatic rings. The number of rotatable bonds is 8. The summed E-state index contributed by atoms with van der Waals surface area (Å²) in [5.41, 5.74) is 11.3. The minimum Gasteiger partial charge on any atom is -0.481 e. The molecule has 130 valence electrons. The van der Waals surface area contributed by atoms with Crippen LogP contribution in [0.3, 0.4) is 0 Å². The van der Waals surface area contributed by atoms with E-state index in [2.05, 4.69) is 0 Å². The lowest BCUT2D eigenvalue weighted by Crippen LogP contribution is -2.38. The van der Waals surface area contributed by atoms with Crippen molar-refractivity contribution in [2.24, 2.45) is 23.3 Å². The second-order valence-corrected chi connectivity index (χ2v) is 4.99. The summed E-state index contributed by atoms with van der Waals surface area (Å²) in [6.07, 6.45) is 0. The third-order valence-electron chi connectivity index (χ3n) is 3.50. The van der Waals surface area contributed by atoms with Crippen molar-refractivity contribution >= 4 is 23.9 Å². The molecule has 0 heterocycles. The van der Waals surface area contributed by atoms with Crippen LogP contribution in [0.25, 0.3) is 0 Å². The van der Waals surface area contributed by atoms with Crippen LogP contribution in [-0.2, 0) is 19.2 Å². The number of hydrogen-bond acceptors (Lipinski definition) is 6. The van der Waals surface area contributed by atoms with Crippen LogP contribution < -0.4 is 11.5 Å². The molecule has 10 heteroatoms. The molecule has 0 saturated heterocycles. The zero-order chi connectivity index (χ0) is 18.6. The lowest BCUT2D eigenvalue weighted by Gasteiger charge is -2.24. The van der Waals surface area contributed by atoms with Crippen molar-refractivity contribution in [2.45, 2.75) is 12.1 Å². The quantitative estimate of drug-likeness (QED) is 0.327. The number of hydrogen-bond donors (Lipinski definition) is 6. The first kappa shape index (κ1) is 19.1. The minimum absolute atomic E-state index is 0.0488. The number of carbonyl (C=O) groups is 4. The summed E-state index contributed by atoms with van der Waals surface area (Å²) in [5.74, 6) is -10.8. The molecule has 0 radical (unpaired) electrons. The highest BCUT2D eigenvalue weighted by Gasteiger charge is 2.38. The molecule has 0 spiro atoms. The summed E-state index contributed by atoms with van der Waals surface area (Å²) in [6, 6.07) is 2.29. The number of carboxylic acids is 4. The second kappa shape index (κ2) is 7.53. The van der Waals surface area contributed by atoms with Crippen LogP contribution in [0.5, 0.6) is 0 Å². The van der Waals surface area contributed by atoms with E-state index in [1.54, 1.807) is 0 Å². The Bertz CT molecular complexity index is 589. The van der Waals surface area contributed by atoms with Crippen LogP contribution >= 0.6 is 0 Å². The average molecular weight is 340 g/mol. The Morgan fingerprint density at radius 3 is 1.12 bits per heavy atom. The molecule has 0 bridgehead atoms. The van der Waals surface area contributed by atoms with Crippen molar-refractivity contribution in [2.75, 3.05) is 0 Å².